The Labute approximate surface area is 162 Å². The van der Waals surface area contributed by atoms with Crippen LogP contribution in [0.1, 0.15) is 0 Å². The van der Waals surface area contributed by atoms with E-state index in [1.165, 1.54) is 0 Å². The smallest absolute Gasteiger partial charge is 0.198 e. The molecule has 2 N–H and O–H groups in total. The van der Waals surface area contributed by atoms with Gasteiger partial charge >= 0.3 is 0 Å². The van der Waals surface area contributed by atoms with Gasteiger partial charge in [0.2, 0.25) is 0 Å². The minimum absolute atomic E-state index is 0.528. The third-order valence-electron chi connectivity index (χ3n) is 4.54. The molecule has 8 heteroatoms. The molecule has 0 spiro atoms. The number of aromatic nitrogens is 3. The lowest BCUT2D eigenvalue weighted by Gasteiger charge is -2.12. The summed E-state index contributed by atoms with van der Waals surface area (Å²) >= 11 is 0. The van der Waals surface area contributed by atoms with Crippen molar-refractivity contribution < 1.29 is 13.9 Å². The highest BCUT2D eigenvalue weighted by Crippen LogP contribution is 2.37. The molecule has 8 nitrogen and oxygen atoms in total. The van der Waals surface area contributed by atoms with Crippen molar-refractivity contribution >= 4 is 27.8 Å². The zero-order valence-electron chi connectivity index (χ0n) is 16.4. The molecule has 0 unspecified atom stereocenters. The Kier molecular flexibility index (Phi) is 4.79. The van der Waals surface area contributed by atoms with E-state index in [1.807, 2.05) is 38.4 Å². The van der Waals surface area contributed by atoms with E-state index in [0.29, 0.717) is 23.1 Å². The third-order valence-corrected chi connectivity index (χ3v) is 4.54. The molecule has 0 atom stereocenters. The molecule has 0 bridgehead atoms. The molecule has 0 aliphatic rings. The van der Waals surface area contributed by atoms with Gasteiger partial charge in [0, 0.05) is 24.5 Å². The number of furan rings is 1. The Bertz CT molecular complexity index is 1100. The number of anilines is 1. The summed E-state index contributed by atoms with van der Waals surface area (Å²) in [5.74, 6) is 3.18. The quantitative estimate of drug-likeness (QED) is 0.507. The van der Waals surface area contributed by atoms with Crippen molar-refractivity contribution in [3.05, 3.63) is 30.5 Å². The van der Waals surface area contributed by atoms with E-state index in [9.17, 15) is 0 Å². The number of likely N-dealkylation sites (N-methyl/N-ethyl adjacent to an activating group) is 1. The van der Waals surface area contributed by atoms with Crippen LogP contribution in [0, 0.1) is 0 Å². The van der Waals surface area contributed by atoms with Crippen LogP contribution in [0.4, 0.5) is 5.82 Å². The molecule has 146 valence electrons. The highest BCUT2D eigenvalue weighted by atomic mass is 16.5. The van der Waals surface area contributed by atoms with Crippen molar-refractivity contribution in [1.29, 1.82) is 0 Å². The Morgan fingerprint density at radius 1 is 1.14 bits per heavy atom. The summed E-state index contributed by atoms with van der Waals surface area (Å²) in [6, 6.07) is 7.51. The van der Waals surface area contributed by atoms with Crippen LogP contribution in [0.2, 0.25) is 0 Å². The van der Waals surface area contributed by atoms with E-state index in [2.05, 4.69) is 15.2 Å². The summed E-state index contributed by atoms with van der Waals surface area (Å²) in [7, 11) is 7.31. The summed E-state index contributed by atoms with van der Waals surface area (Å²) in [5.41, 5.74) is 2.53. The maximum atomic E-state index is 5.52. The second kappa shape index (κ2) is 7.40. The molecule has 4 rings (SSSR count). The van der Waals surface area contributed by atoms with Crippen molar-refractivity contribution in [2.45, 2.75) is 0 Å². The van der Waals surface area contributed by atoms with Gasteiger partial charge in [0.1, 0.15) is 11.0 Å². The highest BCUT2D eigenvalue weighted by molar-refractivity contribution is 6.09. The second-order valence-corrected chi connectivity index (χ2v) is 6.70. The number of rotatable bonds is 7. The fourth-order valence-electron chi connectivity index (χ4n) is 3.13. The lowest BCUT2D eigenvalue weighted by Crippen LogP contribution is -2.21. The number of hydrogen-bond donors (Lipinski definition) is 2. The van der Waals surface area contributed by atoms with Crippen LogP contribution >= 0.6 is 0 Å². The van der Waals surface area contributed by atoms with Crippen LogP contribution in [-0.2, 0) is 0 Å². The van der Waals surface area contributed by atoms with Gasteiger partial charge in [-0.3, -0.25) is 0 Å². The summed E-state index contributed by atoms with van der Waals surface area (Å²) in [6.45, 7) is 1.63. The van der Waals surface area contributed by atoms with Gasteiger partial charge in [-0.1, -0.05) is 0 Å². The van der Waals surface area contributed by atoms with Crippen molar-refractivity contribution in [2.24, 2.45) is 0 Å². The first-order chi connectivity index (χ1) is 13.6. The minimum atomic E-state index is 0.528. The van der Waals surface area contributed by atoms with Crippen LogP contribution < -0.4 is 14.8 Å². The molecule has 1 aromatic carbocycles. The van der Waals surface area contributed by atoms with Crippen molar-refractivity contribution in [1.82, 2.24) is 19.9 Å². The van der Waals surface area contributed by atoms with Crippen LogP contribution in [0.25, 0.3) is 33.5 Å². The number of H-pyrrole nitrogens is 1. The zero-order chi connectivity index (χ0) is 19.7. The van der Waals surface area contributed by atoms with Gasteiger partial charge in [-0.15, -0.1) is 0 Å². The first kappa shape index (κ1) is 18.1. The number of nitrogens with zero attached hydrogens (tertiary/aromatic N) is 3. The maximum Gasteiger partial charge on any atom is 0.198 e. The second-order valence-electron chi connectivity index (χ2n) is 6.70. The average Bonchev–Trinajstić information content (AvgIpc) is 3.34. The van der Waals surface area contributed by atoms with E-state index < -0.39 is 0 Å². The molecule has 3 heterocycles. The summed E-state index contributed by atoms with van der Waals surface area (Å²) in [4.78, 5) is 15.0. The van der Waals surface area contributed by atoms with Crippen LogP contribution in [0.5, 0.6) is 11.5 Å². The molecule has 3 aromatic heterocycles. The van der Waals surface area contributed by atoms with E-state index in [1.54, 1.807) is 20.5 Å². The number of nitrogens with one attached hydrogen (secondary N) is 2. The Hall–Kier alpha value is -3.26. The normalized spacial score (nSPS) is 11.5. The zero-order valence-corrected chi connectivity index (χ0v) is 16.4. The van der Waals surface area contributed by atoms with E-state index in [-0.39, 0.29) is 0 Å². The Balaban J connectivity index is 1.91. The molecule has 0 saturated heterocycles. The van der Waals surface area contributed by atoms with Gasteiger partial charge in [0.25, 0.3) is 0 Å². The summed E-state index contributed by atoms with van der Waals surface area (Å²) in [6.07, 6.45) is 1.62. The number of methoxy groups -OCH3 is 2. The molecule has 0 fully saturated rings. The van der Waals surface area contributed by atoms with Gasteiger partial charge < -0.3 is 29.1 Å². The van der Waals surface area contributed by atoms with E-state index >= 15 is 0 Å². The van der Waals surface area contributed by atoms with Crippen LogP contribution in [-0.4, -0.2) is 61.3 Å². The topological polar surface area (TPSA) is 88.4 Å². The van der Waals surface area contributed by atoms with Gasteiger partial charge in [0.05, 0.1) is 26.0 Å². The monoisotopic (exact) mass is 381 g/mol. The molecule has 0 saturated carbocycles. The predicted octanol–water partition coefficient (Wildman–Crippen LogP) is 3.36. The fourth-order valence-corrected chi connectivity index (χ4v) is 3.13. The van der Waals surface area contributed by atoms with Gasteiger partial charge in [-0.2, -0.15) is 0 Å². The molecule has 0 aliphatic heterocycles. The predicted molar refractivity (Wildman–Crippen MR) is 109 cm³/mol. The van der Waals surface area contributed by atoms with Gasteiger partial charge in [-0.05, 0) is 32.3 Å². The largest absolute Gasteiger partial charge is 0.493 e. The maximum absolute atomic E-state index is 5.52. The van der Waals surface area contributed by atoms with E-state index in [4.69, 9.17) is 23.9 Å². The molecule has 4 aromatic rings. The van der Waals surface area contributed by atoms with Crippen molar-refractivity contribution in [2.75, 3.05) is 46.7 Å². The SMILES string of the molecule is COc1cc2[nH]c3c(NCCN(C)C)nc(-c4ccco4)nc3c2cc1OC. The third kappa shape index (κ3) is 3.22. The molecular formula is C20H23N5O3. The Morgan fingerprint density at radius 2 is 1.93 bits per heavy atom. The van der Waals surface area contributed by atoms with Gasteiger partial charge in [-0.25, -0.2) is 9.97 Å². The first-order valence-electron chi connectivity index (χ1n) is 8.98. The van der Waals surface area contributed by atoms with Crippen molar-refractivity contribution in [3.8, 4) is 23.1 Å². The standard InChI is InChI=1S/C20H23N5O3/c1-25(2)8-7-21-20-18-17(23-19(24-20)14-6-5-9-28-14)12-10-15(26-3)16(27-4)11-13(12)22-18/h5-6,9-11,22H,7-8H2,1-4H3,(H,21,23,24). The van der Waals surface area contributed by atoms with Crippen LogP contribution in [0.15, 0.2) is 34.9 Å². The number of fused-ring (bicyclic) bond motifs is 3. The summed E-state index contributed by atoms with van der Waals surface area (Å²) < 4.78 is 16.4. The number of benzene rings is 1. The number of hydrogen-bond acceptors (Lipinski definition) is 7. The minimum Gasteiger partial charge on any atom is -0.493 e. The molecule has 0 radical (unpaired) electrons. The van der Waals surface area contributed by atoms with Gasteiger partial charge in [0.15, 0.2) is 28.9 Å². The van der Waals surface area contributed by atoms with Crippen molar-refractivity contribution in [3.63, 3.8) is 0 Å². The molecular weight excluding hydrogens is 358 g/mol. The van der Waals surface area contributed by atoms with Crippen LogP contribution in [0.3, 0.4) is 0 Å². The van der Waals surface area contributed by atoms with E-state index in [0.717, 1.165) is 40.8 Å². The molecule has 0 aliphatic carbocycles. The fraction of sp³-hybridized carbons (Fsp3) is 0.300. The summed E-state index contributed by atoms with van der Waals surface area (Å²) in [5, 5.41) is 4.34. The lowest BCUT2D eigenvalue weighted by molar-refractivity contribution is 0.356. The first-order valence-corrected chi connectivity index (χ1v) is 8.98. The highest BCUT2D eigenvalue weighted by Gasteiger charge is 2.18. The average molecular weight is 381 g/mol. The Morgan fingerprint density at radius 3 is 2.61 bits per heavy atom. The number of ether oxygens (including phenoxy) is 2. The lowest BCUT2D eigenvalue weighted by atomic mass is 10.2. The molecule has 0 amide bonds. The molecule has 28 heavy (non-hydrogen) atoms. The number of aromatic amines is 1.